The number of nitrogens with one attached hydrogen (secondary N) is 1. The summed E-state index contributed by atoms with van der Waals surface area (Å²) in [5.41, 5.74) is 2.74. The quantitative estimate of drug-likeness (QED) is 0.195. The van der Waals surface area contributed by atoms with Gasteiger partial charge in [-0.1, -0.05) is 29.9 Å². The van der Waals surface area contributed by atoms with E-state index in [1.54, 1.807) is 29.9 Å². The number of rotatable bonds is 11. The highest BCUT2D eigenvalue weighted by Crippen LogP contribution is 2.35. The second-order valence-electron chi connectivity index (χ2n) is 8.27. The van der Waals surface area contributed by atoms with E-state index in [2.05, 4.69) is 31.8 Å². The molecule has 4 aromatic heterocycles. The molecule has 0 radical (unpaired) electrons. The summed E-state index contributed by atoms with van der Waals surface area (Å²) in [5, 5.41) is 4.76. The normalized spacial score (nSPS) is 11.0. The highest BCUT2D eigenvalue weighted by Gasteiger charge is 2.16. The van der Waals surface area contributed by atoms with Crippen LogP contribution in [0.3, 0.4) is 0 Å². The van der Waals surface area contributed by atoms with E-state index >= 15 is 0 Å². The van der Waals surface area contributed by atoms with Crippen molar-refractivity contribution in [1.82, 2.24) is 29.5 Å². The van der Waals surface area contributed by atoms with Gasteiger partial charge in [0.15, 0.2) is 11.0 Å². The minimum Gasteiger partial charge on any atom is -0.494 e. The standard InChI is InChI=1S/C27H26ClN7OS/c1-2-8-31-27-32-18-25(37-27)23-16-22(33-26(34-23)24-17-29-9-10-30-24)20-15-19(6-7-21(20)28)36-14-5-13-35-11-3-4-12-35/h3-4,6-7,9-12,15-18H,2,5,8,13-14H2,1H3,(H,31,32). The molecular weight excluding hydrogens is 506 g/mol. The second kappa shape index (κ2) is 11.9. The van der Waals surface area contributed by atoms with Crippen LogP contribution in [0, 0.1) is 0 Å². The SMILES string of the molecule is CCCNc1ncc(-c2cc(-c3cc(OCCCn4cccc4)ccc3Cl)nc(-c3cnccn3)n2)s1. The average Bonchev–Trinajstić information content (AvgIpc) is 3.64. The minimum atomic E-state index is 0.464. The lowest BCUT2D eigenvalue weighted by Gasteiger charge is -2.12. The summed E-state index contributed by atoms with van der Waals surface area (Å²) in [7, 11) is 0. The number of nitrogens with zero attached hydrogens (tertiary/aromatic N) is 6. The molecular formula is C27H26ClN7OS. The van der Waals surface area contributed by atoms with Crippen molar-refractivity contribution < 1.29 is 4.74 Å². The van der Waals surface area contributed by atoms with Gasteiger partial charge in [0.2, 0.25) is 0 Å². The lowest BCUT2D eigenvalue weighted by Crippen LogP contribution is -2.03. The van der Waals surface area contributed by atoms with E-state index in [1.165, 1.54) is 0 Å². The van der Waals surface area contributed by atoms with Crippen LogP contribution in [0.5, 0.6) is 5.75 Å². The summed E-state index contributed by atoms with van der Waals surface area (Å²) in [6.07, 6.45) is 12.7. The van der Waals surface area contributed by atoms with E-state index in [4.69, 9.17) is 26.3 Å². The van der Waals surface area contributed by atoms with E-state index in [-0.39, 0.29) is 0 Å². The lowest BCUT2D eigenvalue weighted by molar-refractivity contribution is 0.302. The molecule has 0 aliphatic heterocycles. The second-order valence-corrected chi connectivity index (χ2v) is 9.71. The highest BCUT2D eigenvalue weighted by atomic mass is 35.5. The van der Waals surface area contributed by atoms with Crippen molar-refractivity contribution >= 4 is 28.1 Å². The third-order valence-corrected chi connectivity index (χ3v) is 6.82. The number of anilines is 1. The average molecular weight is 532 g/mol. The van der Waals surface area contributed by atoms with Crippen molar-refractivity contribution in [1.29, 1.82) is 0 Å². The van der Waals surface area contributed by atoms with E-state index in [0.29, 0.717) is 28.8 Å². The fourth-order valence-corrected chi connectivity index (χ4v) is 4.71. The van der Waals surface area contributed by atoms with Crippen LogP contribution in [0.2, 0.25) is 5.02 Å². The molecule has 10 heteroatoms. The molecule has 0 spiro atoms. The topological polar surface area (TPSA) is 90.6 Å². The van der Waals surface area contributed by atoms with Crippen LogP contribution in [-0.4, -0.2) is 42.6 Å². The van der Waals surface area contributed by atoms with Crippen molar-refractivity contribution in [2.24, 2.45) is 0 Å². The molecule has 4 heterocycles. The van der Waals surface area contributed by atoms with Crippen LogP contribution in [0.25, 0.3) is 33.3 Å². The Morgan fingerprint density at radius 1 is 1.00 bits per heavy atom. The largest absolute Gasteiger partial charge is 0.494 e. The Bertz CT molecular complexity index is 1440. The van der Waals surface area contributed by atoms with Crippen LogP contribution in [-0.2, 0) is 6.54 Å². The number of thiazole rings is 1. The number of aryl methyl sites for hydroxylation is 1. The Morgan fingerprint density at radius 3 is 2.68 bits per heavy atom. The number of hydrogen-bond acceptors (Lipinski definition) is 8. The molecule has 5 aromatic rings. The van der Waals surface area contributed by atoms with E-state index < -0.39 is 0 Å². The number of benzene rings is 1. The molecule has 0 unspecified atom stereocenters. The first kappa shape index (κ1) is 24.9. The third-order valence-electron chi connectivity index (χ3n) is 5.51. The van der Waals surface area contributed by atoms with Gasteiger partial charge in [0, 0.05) is 49.6 Å². The monoisotopic (exact) mass is 531 g/mol. The number of aromatic nitrogens is 6. The molecule has 0 fully saturated rings. The van der Waals surface area contributed by atoms with E-state index in [1.807, 2.05) is 55.0 Å². The van der Waals surface area contributed by atoms with Gasteiger partial charge < -0.3 is 14.6 Å². The third kappa shape index (κ3) is 6.31. The number of hydrogen-bond donors (Lipinski definition) is 1. The van der Waals surface area contributed by atoms with Gasteiger partial charge >= 0.3 is 0 Å². The van der Waals surface area contributed by atoms with E-state index in [0.717, 1.165) is 52.9 Å². The van der Waals surface area contributed by atoms with Crippen LogP contribution >= 0.6 is 22.9 Å². The van der Waals surface area contributed by atoms with Gasteiger partial charge in [0.1, 0.15) is 11.4 Å². The molecule has 0 saturated heterocycles. The summed E-state index contributed by atoms with van der Waals surface area (Å²) in [5.74, 6) is 1.20. The van der Waals surface area contributed by atoms with Gasteiger partial charge in [-0.3, -0.25) is 4.98 Å². The van der Waals surface area contributed by atoms with Gasteiger partial charge in [-0.25, -0.2) is 19.9 Å². The van der Waals surface area contributed by atoms with Gasteiger partial charge in [-0.2, -0.15) is 0 Å². The van der Waals surface area contributed by atoms with Crippen molar-refractivity contribution in [2.45, 2.75) is 26.3 Å². The number of ether oxygens (including phenoxy) is 1. The zero-order valence-electron chi connectivity index (χ0n) is 20.3. The van der Waals surface area contributed by atoms with Crippen molar-refractivity contribution in [3.63, 3.8) is 0 Å². The summed E-state index contributed by atoms with van der Waals surface area (Å²) >= 11 is 8.20. The Balaban J connectivity index is 1.45. The van der Waals surface area contributed by atoms with Crippen molar-refractivity contribution in [3.05, 3.63) is 78.6 Å². The predicted molar refractivity (Wildman–Crippen MR) is 148 cm³/mol. The maximum atomic E-state index is 6.65. The summed E-state index contributed by atoms with van der Waals surface area (Å²) in [4.78, 5) is 23.6. The molecule has 1 aromatic carbocycles. The maximum absolute atomic E-state index is 6.65. The molecule has 37 heavy (non-hydrogen) atoms. The van der Waals surface area contributed by atoms with Crippen molar-refractivity contribution in [2.75, 3.05) is 18.5 Å². The molecule has 8 nitrogen and oxygen atoms in total. The molecule has 0 atom stereocenters. The molecule has 0 saturated carbocycles. The molecule has 188 valence electrons. The first-order chi connectivity index (χ1) is 18.2. The van der Waals surface area contributed by atoms with Crippen LogP contribution in [0.1, 0.15) is 19.8 Å². The molecule has 0 bridgehead atoms. The van der Waals surface area contributed by atoms with Gasteiger partial charge in [-0.05, 0) is 49.2 Å². The molecule has 1 N–H and O–H groups in total. The Hall–Kier alpha value is -3.82. The van der Waals surface area contributed by atoms with Gasteiger partial charge in [-0.15, -0.1) is 0 Å². The molecule has 5 rings (SSSR count). The highest BCUT2D eigenvalue weighted by molar-refractivity contribution is 7.18. The van der Waals surface area contributed by atoms with Gasteiger partial charge in [0.05, 0.1) is 34.1 Å². The molecule has 0 aliphatic rings. The molecule has 0 amide bonds. The number of halogens is 1. The Kier molecular flexibility index (Phi) is 8.02. The maximum Gasteiger partial charge on any atom is 0.183 e. The zero-order chi connectivity index (χ0) is 25.5. The first-order valence-corrected chi connectivity index (χ1v) is 13.3. The zero-order valence-corrected chi connectivity index (χ0v) is 21.9. The Morgan fingerprint density at radius 2 is 1.86 bits per heavy atom. The van der Waals surface area contributed by atoms with Crippen molar-refractivity contribution in [3.8, 4) is 39.1 Å². The summed E-state index contributed by atoms with van der Waals surface area (Å²) in [6, 6.07) is 11.6. The Labute approximate surface area is 224 Å². The van der Waals surface area contributed by atoms with Crippen LogP contribution in [0.15, 0.2) is 73.6 Å². The van der Waals surface area contributed by atoms with Gasteiger partial charge in [0.25, 0.3) is 0 Å². The van der Waals surface area contributed by atoms with Crippen LogP contribution in [0.4, 0.5) is 5.13 Å². The smallest absolute Gasteiger partial charge is 0.183 e. The van der Waals surface area contributed by atoms with E-state index in [9.17, 15) is 0 Å². The van der Waals surface area contributed by atoms with Crippen LogP contribution < -0.4 is 10.1 Å². The minimum absolute atomic E-state index is 0.464. The summed E-state index contributed by atoms with van der Waals surface area (Å²) < 4.78 is 8.17. The molecule has 0 aliphatic carbocycles. The fraction of sp³-hybridized carbons (Fsp3) is 0.222. The summed E-state index contributed by atoms with van der Waals surface area (Å²) in [6.45, 7) is 4.47. The predicted octanol–water partition coefficient (Wildman–Crippen LogP) is 6.47. The lowest BCUT2D eigenvalue weighted by atomic mass is 10.1. The fourth-order valence-electron chi connectivity index (χ4n) is 3.69. The first-order valence-electron chi connectivity index (χ1n) is 12.1.